The topological polar surface area (TPSA) is 90.0 Å². The number of hydrogen-bond donors (Lipinski definition) is 2. The van der Waals surface area contributed by atoms with Crippen LogP contribution in [0.1, 0.15) is 12.5 Å². The first-order valence-electron chi connectivity index (χ1n) is 6.11. The molecule has 0 fully saturated rings. The van der Waals surface area contributed by atoms with E-state index in [1.165, 1.54) is 18.3 Å². The zero-order valence-corrected chi connectivity index (χ0v) is 13.5. The summed E-state index contributed by atoms with van der Waals surface area (Å²) in [6.45, 7) is 2.59. The van der Waals surface area contributed by atoms with Crippen LogP contribution in [-0.2, 0) is 23.1 Å². The Balaban J connectivity index is 2.40. The van der Waals surface area contributed by atoms with Crippen molar-refractivity contribution < 1.29 is 8.42 Å². The number of anilines is 1. The molecule has 1 heterocycles. The Hall–Kier alpha value is -1.28. The lowest BCUT2D eigenvalue weighted by molar-refractivity contribution is 0.601. The average Bonchev–Trinajstić information content (AvgIpc) is 2.85. The smallest absolute Gasteiger partial charge is 0.263 e. The van der Waals surface area contributed by atoms with Gasteiger partial charge in [-0.15, -0.1) is 0 Å². The van der Waals surface area contributed by atoms with Crippen LogP contribution in [0.3, 0.4) is 0 Å². The summed E-state index contributed by atoms with van der Waals surface area (Å²) in [4.78, 5) is -0.0711. The first-order valence-corrected chi connectivity index (χ1v) is 8.35. The maximum absolute atomic E-state index is 12.4. The summed E-state index contributed by atoms with van der Waals surface area (Å²) < 4.78 is 28.8. The molecule has 0 saturated heterocycles. The largest absolute Gasteiger partial charge is 0.326 e. The number of benzene rings is 1. The van der Waals surface area contributed by atoms with Gasteiger partial charge in [-0.05, 0) is 19.1 Å². The van der Waals surface area contributed by atoms with Crippen LogP contribution >= 0.6 is 23.2 Å². The fourth-order valence-electron chi connectivity index (χ4n) is 1.77. The number of nitrogens with zero attached hydrogens (tertiary/aromatic N) is 2. The van der Waals surface area contributed by atoms with Gasteiger partial charge in [0.15, 0.2) is 0 Å². The van der Waals surface area contributed by atoms with Gasteiger partial charge in [0.1, 0.15) is 4.90 Å². The number of sulfonamides is 1. The fraction of sp³-hybridized carbons (Fsp3) is 0.250. The lowest BCUT2D eigenvalue weighted by Gasteiger charge is -2.11. The molecule has 2 aromatic rings. The molecule has 0 spiro atoms. The van der Waals surface area contributed by atoms with E-state index in [9.17, 15) is 8.42 Å². The van der Waals surface area contributed by atoms with Crippen molar-refractivity contribution in [3.8, 4) is 0 Å². The lowest BCUT2D eigenvalue weighted by atomic mass is 10.2. The minimum atomic E-state index is -3.84. The zero-order valence-electron chi connectivity index (χ0n) is 11.2. The number of hydrogen-bond acceptors (Lipinski definition) is 4. The molecule has 1 aromatic carbocycles. The first kappa shape index (κ1) is 16.1. The summed E-state index contributed by atoms with van der Waals surface area (Å²) in [5.41, 5.74) is 6.29. The minimum Gasteiger partial charge on any atom is -0.326 e. The van der Waals surface area contributed by atoms with E-state index >= 15 is 0 Å². The molecule has 0 aliphatic heterocycles. The van der Waals surface area contributed by atoms with Crippen LogP contribution in [0.25, 0.3) is 0 Å². The summed E-state index contributed by atoms with van der Waals surface area (Å²) in [5.74, 6) is 0. The second-order valence-corrected chi connectivity index (χ2v) is 6.67. The van der Waals surface area contributed by atoms with E-state index in [0.29, 0.717) is 22.8 Å². The third-order valence-corrected chi connectivity index (χ3v) is 5.18. The predicted octanol–water partition coefficient (Wildman–Crippen LogP) is 2.47. The van der Waals surface area contributed by atoms with Crippen molar-refractivity contribution in [3.63, 3.8) is 0 Å². The lowest BCUT2D eigenvalue weighted by Crippen LogP contribution is -2.14. The monoisotopic (exact) mass is 348 g/mol. The van der Waals surface area contributed by atoms with Gasteiger partial charge in [0, 0.05) is 29.9 Å². The van der Waals surface area contributed by atoms with Crippen LogP contribution in [-0.4, -0.2) is 18.2 Å². The molecule has 1 aromatic heterocycles. The summed E-state index contributed by atoms with van der Waals surface area (Å²) in [7, 11) is -3.84. The molecule has 0 radical (unpaired) electrons. The number of halogens is 2. The van der Waals surface area contributed by atoms with Crippen LogP contribution in [0.5, 0.6) is 0 Å². The fourth-order valence-corrected chi connectivity index (χ4v) is 3.73. The molecule has 9 heteroatoms. The number of aryl methyl sites for hydroxylation is 1. The van der Waals surface area contributed by atoms with Crippen molar-refractivity contribution >= 4 is 38.9 Å². The standard InChI is InChI=1S/C12H14Cl2N4O2S/c1-2-18-7-8(6-16-18)17-21(19,20)11-4-3-10(13)9(5-15)12(11)14/h3-4,6-7,17H,2,5,15H2,1H3. The van der Waals surface area contributed by atoms with Crippen molar-refractivity contribution in [2.45, 2.75) is 24.9 Å². The molecule has 6 nitrogen and oxygen atoms in total. The van der Waals surface area contributed by atoms with E-state index < -0.39 is 10.0 Å². The highest BCUT2D eigenvalue weighted by molar-refractivity contribution is 7.92. The van der Waals surface area contributed by atoms with E-state index in [4.69, 9.17) is 28.9 Å². The molecule has 0 aliphatic carbocycles. The van der Waals surface area contributed by atoms with Crippen LogP contribution in [0.4, 0.5) is 5.69 Å². The van der Waals surface area contributed by atoms with Crippen LogP contribution < -0.4 is 10.5 Å². The van der Waals surface area contributed by atoms with Crippen molar-refractivity contribution in [1.82, 2.24) is 9.78 Å². The number of aromatic nitrogens is 2. The van der Waals surface area contributed by atoms with Gasteiger partial charge in [-0.2, -0.15) is 5.10 Å². The van der Waals surface area contributed by atoms with Gasteiger partial charge in [0.05, 0.1) is 16.9 Å². The molecule has 0 aliphatic rings. The van der Waals surface area contributed by atoms with Crippen molar-refractivity contribution in [3.05, 3.63) is 40.1 Å². The maximum atomic E-state index is 12.4. The van der Waals surface area contributed by atoms with Crippen LogP contribution in [0.15, 0.2) is 29.4 Å². The van der Waals surface area contributed by atoms with Gasteiger partial charge >= 0.3 is 0 Å². The predicted molar refractivity (Wildman–Crippen MR) is 83.1 cm³/mol. The highest BCUT2D eigenvalue weighted by atomic mass is 35.5. The van der Waals surface area contributed by atoms with E-state index in [1.54, 1.807) is 10.9 Å². The highest BCUT2D eigenvalue weighted by Crippen LogP contribution is 2.31. The molecular formula is C12H14Cl2N4O2S. The van der Waals surface area contributed by atoms with Crippen LogP contribution in [0, 0.1) is 0 Å². The van der Waals surface area contributed by atoms with Crippen molar-refractivity contribution in [1.29, 1.82) is 0 Å². The summed E-state index contributed by atoms with van der Waals surface area (Å²) in [6, 6.07) is 2.80. The Morgan fingerprint density at radius 3 is 2.67 bits per heavy atom. The number of nitrogens with two attached hydrogens (primary N) is 1. The number of nitrogens with one attached hydrogen (secondary N) is 1. The summed E-state index contributed by atoms with van der Waals surface area (Å²) >= 11 is 12.0. The molecule has 0 amide bonds. The Labute approximate surface area is 132 Å². The third kappa shape index (κ3) is 3.32. The normalized spacial score (nSPS) is 11.6. The molecule has 114 valence electrons. The minimum absolute atomic E-state index is 0.0281. The molecule has 3 N–H and O–H groups in total. The molecule has 0 atom stereocenters. The van der Waals surface area contributed by atoms with Crippen molar-refractivity contribution in [2.24, 2.45) is 5.73 Å². The van der Waals surface area contributed by atoms with Gasteiger partial charge in [0.2, 0.25) is 0 Å². The van der Waals surface area contributed by atoms with Crippen molar-refractivity contribution in [2.75, 3.05) is 4.72 Å². The summed E-state index contributed by atoms with van der Waals surface area (Å²) in [5, 5.41) is 4.36. The Bertz CT molecular complexity index is 759. The number of rotatable bonds is 5. The molecule has 21 heavy (non-hydrogen) atoms. The maximum Gasteiger partial charge on any atom is 0.263 e. The van der Waals surface area contributed by atoms with Crippen LogP contribution in [0.2, 0.25) is 10.0 Å². The molecule has 0 bridgehead atoms. The SMILES string of the molecule is CCn1cc(NS(=O)(=O)c2ccc(Cl)c(CN)c2Cl)cn1. The second kappa shape index (κ2) is 6.23. The van der Waals surface area contributed by atoms with E-state index in [2.05, 4.69) is 9.82 Å². The molecular weight excluding hydrogens is 335 g/mol. The molecule has 0 unspecified atom stereocenters. The highest BCUT2D eigenvalue weighted by Gasteiger charge is 2.21. The van der Waals surface area contributed by atoms with E-state index in [-0.39, 0.29) is 16.5 Å². The Morgan fingerprint density at radius 1 is 1.38 bits per heavy atom. The molecule has 0 saturated carbocycles. The van der Waals surface area contributed by atoms with Gasteiger partial charge in [-0.3, -0.25) is 9.40 Å². The van der Waals surface area contributed by atoms with E-state index in [0.717, 1.165) is 0 Å². The average molecular weight is 349 g/mol. The van der Waals surface area contributed by atoms with Gasteiger partial charge in [0.25, 0.3) is 10.0 Å². The quantitative estimate of drug-likeness (QED) is 0.868. The first-order chi connectivity index (χ1) is 9.89. The van der Waals surface area contributed by atoms with Gasteiger partial charge in [-0.1, -0.05) is 23.2 Å². The van der Waals surface area contributed by atoms with Gasteiger partial charge < -0.3 is 5.73 Å². The zero-order chi connectivity index (χ0) is 15.6. The Kier molecular flexibility index (Phi) is 4.77. The second-order valence-electron chi connectivity index (χ2n) is 4.23. The summed E-state index contributed by atoms with van der Waals surface area (Å²) in [6.07, 6.45) is 3.01. The third-order valence-electron chi connectivity index (χ3n) is 2.85. The molecule has 2 rings (SSSR count). The Morgan fingerprint density at radius 2 is 2.10 bits per heavy atom. The van der Waals surface area contributed by atoms with E-state index in [1.807, 2.05) is 6.92 Å². The van der Waals surface area contributed by atoms with Gasteiger partial charge in [-0.25, -0.2) is 8.42 Å².